The smallest absolute Gasteiger partial charge is 0.267 e. The van der Waals surface area contributed by atoms with Crippen molar-refractivity contribution in [2.75, 3.05) is 25.6 Å². The third kappa shape index (κ3) is 2.75. The zero-order chi connectivity index (χ0) is 14.7. The number of carbonyl (C=O) groups excluding carboxylic acids is 2. The molecule has 108 valence electrons. The zero-order valence-electron chi connectivity index (χ0n) is 11.8. The van der Waals surface area contributed by atoms with Crippen LogP contribution < -0.4 is 9.64 Å². The summed E-state index contributed by atoms with van der Waals surface area (Å²) in [6, 6.07) is 7.31. The number of carbonyl (C=O) groups is 2. The van der Waals surface area contributed by atoms with Gasteiger partial charge in [0.1, 0.15) is 5.75 Å². The van der Waals surface area contributed by atoms with Crippen LogP contribution in [0.3, 0.4) is 0 Å². The van der Waals surface area contributed by atoms with E-state index >= 15 is 0 Å². The molecule has 1 heterocycles. The van der Waals surface area contributed by atoms with Gasteiger partial charge in [-0.3, -0.25) is 14.4 Å². The molecule has 0 fully saturated rings. The van der Waals surface area contributed by atoms with E-state index in [2.05, 4.69) is 0 Å². The first-order valence-electron chi connectivity index (χ1n) is 6.42. The molecule has 0 saturated carbocycles. The van der Waals surface area contributed by atoms with Gasteiger partial charge in [0.2, 0.25) is 5.91 Å². The van der Waals surface area contributed by atoms with E-state index in [-0.39, 0.29) is 18.2 Å². The minimum absolute atomic E-state index is 0.142. The van der Waals surface area contributed by atoms with E-state index in [0.29, 0.717) is 18.0 Å². The van der Waals surface area contributed by atoms with Crippen LogP contribution in [0.1, 0.15) is 13.3 Å². The van der Waals surface area contributed by atoms with E-state index < -0.39 is 6.10 Å². The average Bonchev–Trinajstić information content (AvgIpc) is 2.46. The van der Waals surface area contributed by atoms with Crippen molar-refractivity contribution in [1.29, 1.82) is 0 Å². The van der Waals surface area contributed by atoms with Gasteiger partial charge in [0, 0.05) is 20.0 Å². The fraction of sp³-hybridized carbons (Fsp3) is 0.429. The Balaban J connectivity index is 2.14. The Morgan fingerprint density at radius 1 is 1.45 bits per heavy atom. The maximum absolute atomic E-state index is 12.2. The topological polar surface area (TPSA) is 59.1 Å². The maximum Gasteiger partial charge on any atom is 0.267 e. The second-order valence-electron chi connectivity index (χ2n) is 4.54. The predicted molar refractivity (Wildman–Crippen MR) is 73.3 cm³/mol. The number of hydroxylamine groups is 2. The Morgan fingerprint density at radius 2 is 2.15 bits per heavy atom. The minimum Gasteiger partial charge on any atom is -0.479 e. The first kappa shape index (κ1) is 14.3. The lowest BCUT2D eigenvalue weighted by molar-refractivity contribution is -0.168. The molecule has 0 aliphatic carbocycles. The summed E-state index contributed by atoms with van der Waals surface area (Å²) in [5.74, 6) is 0.334. The van der Waals surface area contributed by atoms with Gasteiger partial charge < -0.3 is 9.64 Å². The Hall–Kier alpha value is -2.08. The molecule has 0 saturated heterocycles. The lowest BCUT2D eigenvalue weighted by atomic mass is 10.1. The van der Waals surface area contributed by atoms with Gasteiger partial charge in [-0.2, -0.15) is 0 Å². The molecule has 1 aliphatic heterocycles. The average molecular weight is 278 g/mol. The van der Waals surface area contributed by atoms with Gasteiger partial charge in [-0.1, -0.05) is 12.1 Å². The van der Waals surface area contributed by atoms with Crippen molar-refractivity contribution >= 4 is 17.5 Å². The molecule has 1 aromatic carbocycles. The highest BCUT2D eigenvalue weighted by Crippen LogP contribution is 2.33. The van der Waals surface area contributed by atoms with Gasteiger partial charge in [-0.05, 0) is 19.1 Å². The lowest BCUT2D eigenvalue weighted by Gasteiger charge is -2.33. The molecule has 0 aromatic heterocycles. The molecular weight excluding hydrogens is 260 g/mol. The highest BCUT2D eigenvalue weighted by Gasteiger charge is 2.31. The molecule has 0 N–H and O–H groups in total. The van der Waals surface area contributed by atoms with Crippen molar-refractivity contribution in [2.24, 2.45) is 0 Å². The van der Waals surface area contributed by atoms with Crippen LogP contribution >= 0.6 is 0 Å². The van der Waals surface area contributed by atoms with E-state index in [4.69, 9.17) is 9.57 Å². The zero-order valence-corrected chi connectivity index (χ0v) is 11.8. The normalized spacial score (nSPS) is 17.4. The summed E-state index contributed by atoms with van der Waals surface area (Å²) in [5, 5.41) is 1.15. The summed E-state index contributed by atoms with van der Waals surface area (Å²) in [5.41, 5.74) is 0.698. The third-order valence-corrected chi connectivity index (χ3v) is 3.25. The standard InChI is InChI=1S/C14H18N2O4/c1-10-14(18)16(9-8-13(17)15(2)19-3)11-6-4-5-7-12(11)20-10/h4-7,10H,8-9H2,1-3H3/t10-/m0/s1. The summed E-state index contributed by atoms with van der Waals surface area (Å²) in [4.78, 5) is 30.3. The molecule has 6 heteroatoms. The lowest BCUT2D eigenvalue weighted by Crippen LogP contribution is -2.45. The number of rotatable bonds is 4. The minimum atomic E-state index is -0.542. The SMILES string of the molecule is CON(C)C(=O)CCN1C(=O)[C@H](C)Oc2ccccc21. The van der Waals surface area contributed by atoms with E-state index in [9.17, 15) is 9.59 Å². The third-order valence-electron chi connectivity index (χ3n) is 3.25. The molecule has 1 atom stereocenters. The van der Waals surface area contributed by atoms with Crippen LogP contribution in [0.4, 0.5) is 5.69 Å². The van der Waals surface area contributed by atoms with Gasteiger partial charge >= 0.3 is 0 Å². The van der Waals surface area contributed by atoms with Crippen molar-refractivity contribution < 1.29 is 19.2 Å². The second kappa shape index (κ2) is 5.92. The molecular formula is C14H18N2O4. The first-order valence-corrected chi connectivity index (χ1v) is 6.42. The van der Waals surface area contributed by atoms with E-state index in [1.807, 2.05) is 24.3 Å². The monoisotopic (exact) mass is 278 g/mol. The first-order chi connectivity index (χ1) is 9.54. The van der Waals surface area contributed by atoms with Crippen molar-refractivity contribution in [1.82, 2.24) is 5.06 Å². The number of hydrogen-bond acceptors (Lipinski definition) is 4. The molecule has 1 aromatic rings. The van der Waals surface area contributed by atoms with Crippen LogP contribution in [-0.4, -0.2) is 43.7 Å². The Labute approximate surface area is 117 Å². The van der Waals surface area contributed by atoms with E-state index in [0.717, 1.165) is 5.06 Å². The number of anilines is 1. The molecule has 1 aliphatic rings. The van der Waals surface area contributed by atoms with E-state index in [1.54, 1.807) is 18.9 Å². The van der Waals surface area contributed by atoms with Crippen molar-refractivity contribution in [2.45, 2.75) is 19.4 Å². The highest BCUT2D eigenvalue weighted by molar-refractivity contribution is 6.00. The maximum atomic E-state index is 12.2. The molecule has 2 amide bonds. The summed E-state index contributed by atoms with van der Waals surface area (Å²) < 4.78 is 5.54. The number of amides is 2. The summed E-state index contributed by atoms with van der Waals surface area (Å²) >= 11 is 0. The van der Waals surface area contributed by atoms with Crippen LogP contribution in [0.15, 0.2) is 24.3 Å². The molecule has 2 rings (SSSR count). The van der Waals surface area contributed by atoms with Crippen LogP contribution in [0.25, 0.3) is 0 Å². The van der Waals surface area contributed by atoms with Crippen molar-refractivity contribution in [3.8, 4) is 5.75 Å². The largest absolute Gasteiger partial charge is 0.479 e. The van der Waals surface area contributed by atoms with Crippen LogP contribution in [0, 0.1) is 0 Å². The Morgan fingerprint density at radius 3 is 2.85 bits per heavy atom. The summed E-state index contributed by atoms with van der Waals surface area (Å²) in [6.07, 6.45) is -0.350. The van der Waals surface area contributed by atoms with Gasteiger partial charge in [-0.15, -0.1) is 0 Å². The predicted octanol–water partition coefficient (Wildman–Crippen LogP) is 1.21. The molecule has 0 bridgehead atoms. The highest BCUT2D eigenvalue weighted by atomic mass is 16.7. The van der Waals surface area contributed by atoms with Crippen molar-refractivity contribution in [3.05, 3.63) is 24.3 Å². The number of hydrogen-bond donors (Lipinski definition) is 0. The Bertz CT molecular complexity index is 518. The summed E-state index contributed by atoms with van der Waals surface area (Å²) in [6.45, 7) is 2.00. The van der Waals surface area contributed by atoms with Gasteiger partial charge in [0.05, 0.1) is 12.8 Å². The molecule has 0 spiro atoms. The fourth-order valence-electron chi connectivity index (χ4n) is 2.06. The van der Waals surface area contributed by atoms with Gasteiger partial charge in [0.25, 0.3) is 5.91 Å². The van der Waals surface area contributed by atoms with E-state index in [1.165, 1.54) is 7.11 Å². The van der Waals surface area contributed by atoms with Gasteiger partial charge in [0.15, 0.2) is 6.10 Å². The van der Waals surface area contributed by atoms with Crippen LogP contribution in [0.5, 0.6) is 5.75 Å². The molecule has 0 radical (unpaired) electrons. The quantitative estimate of drug-likeness (QED) is 0.777. The Kier molecular flexibility index (Phi) is 4.24. The second-order valence-corrected chi connectivity index (χ2v) is 4.54. The number of para-hydroxylation sites is 2. The number of fused-ring (bicyclic) bond motifs is 1. The van der Waals surface area contributed by atoms with Crippen LogP contribution in [0.2, 0.25) is 0 Å². The number of benzene rings is 1. The summed E-state index contributed by atoms with van der Waals surface area (Å²) in [7, 11) is 2.97. The fourth-order valence-corrected chi connectivity index (χ4v) is 2.06. The molecule has 0 unspecified atom stereocenters. The van der Waals surface area contributed by atoms with Gasteiger partial charge in [-0.25, -0.2) is 5.06 Å². The van der Waals surface area contributed by atoms with Crippen LogP contribution in [-0.2, 0) is 14.4 Å². The number of ether oxygens (including phenoxy) is 1. The molecule has 20 heavy (non-hydrogen) atoms. The number of nitrogens with zero attached hydrogens (tertiary/aromatic N) is 2. The molecule has 6 nitrogen and oxygen atoms in total. The van der Waals surface area contributed by atoms with Crippen molar-refractivity contribution in [3.63, 3.8) is 0 Å².